The summed E-state index contributed by atoms with van der Waals surface area (Å²) < 4.78 is 45.0. The number of nitrogens with one attached hydrogen (secondary N) is 1. The third-order valence-electron chi connectivity index (χ3n) is 3.83. The zero-order valence-corrected chi connectivity index (χ0v) is 12.4. The van der Waals surface area contributed by atoms with Gasteiger partial charge in [0.05, 0.1) is 5.92 Å². The highest BCUT2D eigenvalue weighted by atomic mass is 19.3. The predicted octanol–water partition coefficient (Wildman–Crippen LogP) is 2.21. The first-order valence-corrected chi connectivity index (χ1v) is 7.45. The Bertz CT molecular complexity index is 643. The lowest BCUT2D eigenvalue weighted by Gasteiger charge is -2.25. The molecule has 8 heteroatoms. The normalized spacial score (nSPS) is 16.8. The third-order valence-corrected chi connectivity index (χ3v) is 3.83. The minimum Gasteiger partial charge on any atom is -0.337 e. The number of hydrogen-bond acceptors (Lipinski definition) is 5. The van der Waals surface area contributed by atoms with Gasteiger partial charge in [-0.3, -0.25) is 0 Å². The summed E-state index contributed by atoms with van der Waals surface area (Å²) in [6.45, 7) is 3.10. The number of hydrogen-bond donors (Lipinski definition) is 1. The molecule has 1 atom stereocenters. The number of rotatable bonds is 5. The Morgan fingerprint density at radius 2 is 2.04 bits per heavy atom. The Kier molecular flexibility index (Phi) is 4.80. The van der Waals surface area contributed by atoms with Crippen LogP contribution < -0.4 is 10.2 Å². The van der Waals surface area contributed by atoms with Gasteiger partial charge in [-0.05, 0) is 22.9 Å². The molecule has 1 saturated heterocycles. The van der Waals surface area contributed by atoms with Crippen LogP contribution in [0.5, 0.6) is 0 Å². The highest BCUT2D eigenvalue weighted by Crippen LogP contribution is 2.28. The van der Waals surface area contributed by atoms with E-state index < -0.39 is 18.2 Å². The summed E-state index contributed by atoms with van der Waals surface area (Å²) in [4.78, 5) is 6.13. The zero-order valence-electron chi connectivity index (χ0n) is 12.4. The number of anilines is 1. The summed E-state index contributed by atoms with van der Waals surface area (Å²) in [6, 6.07) is 5.24. The van der Waals surface area contributed by atoms with E-state index in [-0.39, 0.29) is 17.9 Å². The van der Waals surface area contributed by atoms with E-state index in [1.165, 1.54) is 18.2 Å². The molecule has 0 radical (unpaired) electrons. The second-order valence-corrected chi connectivity index (χ2v) is 5.43. The van der Waals surface area contributed by atoms with E-state index in [1.807, 2.05) is 4.90 Å². The molecule has 2 heterocycles. The van der Waals surface area contributed by atoms with Crippen LogP contribution in [0.2, 0.25) is 0 Å². The first-order valence-electron chi connectivity index (χ1n) is 7.45. The molecule has 1 aromatic heterocycles. The first kappa shape index (κ1) is 15.8. The maximum Gasteiger partial charge on any atom is 0.266 e. The fourth-order valence-electron chi connectivity index (χ4n) is 2.60. The molecule has 1 unspecified atom stereocenters. The van der Waals surface area contributed by atoms with Crippen molar-refractivity contribution in [1.82, 2.24) is 15.5 Å². The molecule has 1 aromatic carbocycles. The van der Waals surface area contributed by atoms with Crippen LogP contribution in [-0.2, 0) is 6.42 Å². The highest BCUT2D eigenvalue weighted by Gasteiger charge is 2.26. The average Bonchev–Trinajstić information content (AvgIpc) is 3.02. The number of nitrogens with zero attached hydrogens (tertiary/aromatic N) is 3. The molecule has 1 N–H and O–H groups in total. The third kappa shape index (κ3) is 3.82. The molecule has 0 saturated carbocycles. The predicted molar refractivity (Wildman–Crippen MR) is 78.2 cm³/mol. The standard InChI is InChI=1S/C15H17F3N4O/c16-11-3-1-2-10(8-11)12(14(17)18)9-13-20-15(21-23-13)22-6-4-19-5-7-22/h1-3,8,12,14,19H,4-7,9H2. The number of alkyl halides is 2. The van der Waals surface area contributed by atoms with E-state index in [4.69, 9.17) is 4.52 Å². The van der Waals surface area contributed by atoms with Gasteiger partial charge in [0.2, 0.25) is 12.3 Å². The van der Waals surface area contributed by atoms with Crippen molar-refractivity contribution >= 4 is 5.95 Å². The van der Waals surface area contributed by atoms with Crippen LogP contribution in [0.4, 0.5) is 19.1 Å². The van der Waals surface area contributed by atoms with Gasteiger partial charge in [-0.1, -0.05) is 12.1 Å². The second-order valence-electron chi connectivity index (χ2n) is 5.43. The van der Waals surface area contributed by atoms with Crippen LogP contribution in [0.25, 0.3) is 0 Å². The molecule has 0 amide bonds. The molecule has 0 spiro atoms. The van der Waals surface area contributed by atoms with Crippen LogP contribution in [0.15, 0.2) is 28.8 Å². The van der Waals surface area contributed by atoms with E-state index in [2.05, 4.69) is 15.5 Å². The quantitative estimate of drug-likeness (QED) is 0.913. The van der Waals surface area contributed by atoms with E-state index in [9.17, 15) is 13.2 Å². The Labute approximate surface area is 131 Å². The number of benzene rings is 1. The molecule has 1 aliphatic rings. The maximum absolute atomic E-state index is 13.3. The van der Waals surface area contributed by atoms with Crippen LogP contribution in [0, 0.1) is 5.82 Å². The van der Waals surface area contributed by atoms with Gasteiger partial charge < -0.3 is 14.7 Å². The van der Waals surface area contributed by atoms with E-state index in [0.29, 0.717) is 5.95 Å². The van der Waals surface area contributed by atoms with Gasteiger partial charge in [0, 0.05) is 32.6 Å². The Morgan fingerprint density at radius 1 is 1.26 bits per heavy atom. The molecular weight excluding hydrogens is 309 g/mol. The summed E-state index contributed by atoms with van der Waals surface area (Å²) in [5.74, 6) is -1.18. The van der Waals surface area contributed by atoms with E-state index in [0.717, 1.165) is 32.2 Å². The Balaban J connectivity index is 1.74. The van der Waals surface area contributed by atoms with Crippen molar-refractivity contribution in [1.29, 1.82) is 0 Å². The van der Waals surface area contributed by atoms with Crippen LogP contribution in [0.3, 0.4) is 0 Å². The number of piperazine rings is 1. The summed E-state index contributed by atoms with van der Waals surface area (Å²) in [7, 11) is 0. The minimum absolute atomic E-state index is 0.125. The second kappa shape index (κ2) is 6.99. The Hall–Kier alpha value is -2.09. The van der Waals surface area contributed by atoms with E-state index >= 15 is 0 Å². The highest BCUT2D eigenvalue weighted by molar-refractivity contribution is 5.29. The van der Waals surface area contributed by atoms with Crippen LogP contribution >= 0.6 is 0 Å². The van der Waals surface area contributed by atoms with Crippen molar-refractivity contribution in [3.63, 3.8) is 0 Å². The zero-order chi connectivity index (χ0) is 16.2. The van der Waals surface area contributed by atoms with Crippen molar-refractivity contribution < 1.29 is 17.7 Å². The molecule has 1 aliphatic heterocycles. The fourth-order valence-corrected chi connectivity index (χ4v) is 2.60. The van der Waals surface area contributed by atoms with Gasteiger partial charge in [-0.15, -0.1) is 0 Å². The molecule has 124 valence electrons. The van der Waals surface area contributed by atoms with Gasteiger partial charge in [0.15, 0.2) is 0 Å². The fraction of sp³-hybridized carbons (Fsp3) is 0.467. The van der Waals surface area contributed by atoms with Gasteiger partial charge in [-0.2, -0.15) is 4.98 Å². The Morgan fingerprint density at radius 3 is 2.74 bits per heavy atom. The van der Waals surface area contributed by atoms with Crippen LogP contribution in [0.1, 0.15) is 17.4 Å². The van der Waals surface area contributed by atoms with Gasteiger partial charge in [-0.25, -0.2) is 13.2 Å². The molecule has 5 nitrogen and oxygen atoms in total. The van der Waals surface area contributed by atoms with Gasteiger partial charge >= 0.3 is 0 Å². The smallest absolute Gasteiger partial charge is 0.266 e. The minimum atomic E-state index is -2.65. The summed E-state index contributed by atoms with van der Waals surface area (Å²) in [5, 5.41) is 7.06. The van der Waals surface area contributed by atoms with Crippen molar-refractivity contribution in [3.05, 3.63) is 41.5 Å². The topological polar surface area (TPSA) is 54.2 Å². The molecule has 0 bridgehead atoms. The van der Waals surface area contributed by atoms with Crippen molar-refractivity contribution in [2.24, 2.45) is 0 Å². The SMILES string of the molecule is Fc1cccc(C(Cc2nc(N3CCNCC3)no2)C(F)F)c1. The lowest BCUT2D eigenvalue weighted by atomic mass is 9.96. The first-order chi connectivity index (χ1) is 11.1. The van der Waals surface area contributed by atoms with Crippen molar-refractivity contribution in [2.75, 3.05) is 31.1 Å². The maximum atomic E-state index is 13.3. The van der Waals surface area contributed by atoms with Crippen molar-refractivity contribution in [3.8, 4) is 0 Å². The molecule has 2 aromatic rings. The molecule has 3 rings (SSSR count). The lowest BCUT2D eigenvalue weighted by molar-refractivity contribution is 0.109. The summed E-state index contributed by atoms with van der Waals surface area (Å²) in [5.41, 5.74) is 0.224. The van der Waals surface area contributed by atoms with Crippen molar-refractivity contribution in [2.45, 2.75) is 18.8 Å². The number of aromatic nitrogens is 2. The van der Waals surface area contributed by atoms with Gasteiger partial charge in [0.25, 0.3) is 5.95 Å². The molecular formula is C15H17F3N4O. The van der Waals surface area contributed by atoms with E-state index in [1.54, 1.807) is 0 Å². The lowest BCUT2D eigenvalue weighted by Crippen LogP contribution is -2.44. The van der Waals surface area contributed by atoms with Gasteiger partial charge in [0.1, 0.15) is 5.82 Å². The average molecular weight is 326 g/mol. The molecule has 1 fully saturated rings. The molecule has 23 heavy (non-hydrogen) atoms. The summed E-state index contributed by atoms with van der Waals surface area (Å²) >= 11 is 0. The monoisotopic (exact) mass is 326 g/mol. The summed E-state index contributed by atoms with van der Waals surface area (Å²) in [6.07, 6.45) is -2.77. The largest absolute Gasteiger partial charge is 0.337 e. The number of halogens is 3. The van der Waals surface area contributed by atoms with Crippen LogP contribution in [-0.4, -0.2) is 42.7 Å². The molecule has 0 aliphatic carbocycles.